The fraction of sp³-hybridized carbons (Fsp3) is 0.381. The van der Waals surface area contributed by atoms with Gasteiger partial charge in [-0.2, -0.15) is 0 Å². The van der Waals surface area contributed by atoms with Gasteiger partial charge in [0.05, 0.1) is 18.1 Å². The lowest BCUT2D eigenvalue weighted by molar-refractivity contribution is -0.113. The van der Waals surface area contributed by atoms with Gasteiger partial charge in [0, 0.05) is 13.0 Å². The van der Waals surface area contributed by atoms with E-state index in [1.165, 1.54) is 17.3 Å². The Morgan fingerprint density at radius 1 is 1.26 bits per heavy atom. The molecule has 0 aliphatic heterocycles. The Morgan fingerprint density at radius 2 is 2.03 bits per heavy atom. The number of amides is 1. The minimum absolute atomic E-state index is 0.173. The minimum atomic E-state index is -0.423. The lowest BCUT2D eigenvalue weighted by Gasteiger charge is -2.04. The van der Waals surface area contributed by atoms with E-state index in [1.807, 2.05) is 17.7 Å². The van der Waals surface area contributed by atoms with E-state index in [1.54, 1.807) is 13.8 Å². The summed E-state index contributed by atoms with van der Waals surface area (Å²) in [6, 6.07) is 10.4. The Balaban J connectivity index is 1.33. The van der Waals surface area contributed by atoms with E-state index in [0.29, 0.717) is 39.3 Å². The summed E-state index contributed by atoms with van der Waals surface area (Å²) in [5, 5.41) is 12.5. The maximum atomic E-state index is 12.4. The number of rotatable bonds is 8. The molecule has 1 N–H and O–H groups in total. The van der Waals surface area contributed by atoms with Crippen molar-refractivity contribution in [2.24, 2.45) is 7.05 Å². The number of ether oxygens (including phenoxy) is 1. The SMILES string of the molecule is CCOC(=O)c1sc(NC(=O)CSc2nnc(C3CC3c3ccccc3)n2C)nc1C. The second-order valence-electron chi connectivity index (χ2n) is 7.25. The molecule has 0 bridgehead atoms. The molecule has 0 radical (unpaired) electrons. The summed E-state index contributed by atoms with van der Waals surface area (Å²) < 4.78 is 6.97. The molecule has 0 saturated heterocycles. The molecule has 162 valence electrons. The van der Waals surface area contributed by atoms with E-state index in [4.69, 9.17) is 4.74 Å². The van der Waals surface area contributed by atoms with Crippen LogP contribution in [0.2, 0.25) is 0 Å². The number of carbonyl (C=O) groups excluding carboxylic acids is 2. The van der Waals surface area contributed by atoms with Gasteiger partial charge in [-0.05, 0) is 31.7 Å². The number of thioether (sulfide) groups is 1. The van der Waals surface area contributed by atoms with Gasteiger partial charge in [0.1, 0.15) is 10.7 Å². The van der Waals surface area contributed by atoms with Crippen molar-refractivity contribution < 1.29 is 14.3 Å². The van der Waals surface area contributed by atoms with Crippen LogP contribution in [0, 0.1) is 6.92 Å². The van der Waals surface area contributed by atoms with Gasteiger partial charge in [-0.3, -0.25) is 4.79 Å². The Bertz CT molecular complexity index is 1100. The molecule has 1 saturated carbocycles. The van der Waals surface area contributed by atoms with E-state index in [-0.39, 0.29) is 11.7 Å². The van der Waals surface area contributed by atoms with Crippen molar-refractivity contribution in [3.8, 4) is 0 Å². The molecule has 2 heterocycles. The Labute approximate surface area is 188 Å². The maximum absolute atomic E-state index is 12.4. The van der Waals surface area contributed by atoms with Crippen LogP contribution in [0.3, 0.4) is 0 Å². The third kappa shape index (κ3) is 4.80. The largest absolute Gasteiger partial charge is 0.462 e. The van der Waals surface area contributed by atoms with Gasteiger partial charge in [-0.25, -0.2) is 9.78 Å². The molecule has 2 aromatic heterocycles. The van der Waals surface area contributed by atoms with Crippen molar-refractivity contribution in [1.29, 1.82) is 0 Å². The number of aryl methyl sites for hydroxylation is 1. The van der Waals surface area contributed by atoms with Crippen LogP contribution in [0.5, 0.6) is 0 Å². The van der Waals surface area contributed by atoms with Crippen molar-refractivity contribution in [3.63, 3.8) is 0 Å². The standard InChI is InChI=1S/C21H23N5O3S2/c1-4-29-19(28)17-12(2)22-20(31-17)23-16(27)11-30-21-25-24-18(26(21)3)15-10-14(15)13-8-6-5-7-9-13/h5-9,14-15H,4,10-11H2,1-3H3,(H,22,23,27). The molecule has 3 aromatic rings. The molecule has 8 nitrogen and oxygen atoms in total. The van der Waals surface area contributed by atoms with Crippen LogP contribution >= 0.6 is 23.1 Å². The highest BCUT2D eigenvalue weighted by Crippen LogP contribution is 2.54. The molecule has 2 atom stereocenters. The lowest BCUT2D eigenvalue weighted by atomic mass is 10.1. The Morgan fingerprint density at radius 3 is 2.77 bits per heavy atom. The predicted molar refractivity (Wildman–Crippen MR) is 120 cm³/mol. The number of esters is 1. The van der Waals surface area contributed by atoms with Crippen LogP contribution in [0.15, 0.2) is 35.5 Å². The van der Waals surface area contributed by atoms with Crippen LogP contribution in [0.25, 0.3) is 0 Å². The number of aromatic nitrogens is 4. The van der Waals surface area contributed by atoms with Gasteiger partial charge in [0.25, 0.3) is 0 Å². The normalized spacial score (nSPS) is 17.4. The topological polar surface area (TPSA) is 99.0 Å². The maximum Gasteiger partial charge on any atom is 0.350 e. The Kier molecular flexibility index (Phi) is 6.38. The minimum Gasteiger partial charge on any atom is -0.462 e. The van der Waals surface area contributed by atoms with Crippen LogP contribution in [0.4, 0.5) is 5.13 Å². The van der Waals surface area contributed by atoms with E-state index in [9.17, 15) is 9.59 Å². The molecule has 1 aliphatic carbocycles. The zero-order valence-electron chi connectivity index (χ0n) is 17.5. The molecule has 2 unspecified atom stereocenters. The van der Waals surface area contributed by atoms with Crippen LogP contribution in [-0.4, -0.2) is 44.0 Å². The number of thiazole rings is 1. The van der Waals surface area contributed by atoms with Gasteiger partial charge in [0.15, 0.2) is 10.3 Å². The quantitative estimate of drug-likeness (QED) is 0.406. The van der Waals surface area contributed by atoms with E-state index in [0.717, 1.165) is 23.6 Å². The summed E-state index contributed by atoms with van der Waals surface area (Å²) in [7, 11) is 1.94. The summed E-state index contributed by atoms with van der Waals surface area (Å²) in [5.41, 5.74) is 1.87. The zero-order chi connectivity index (χ0) is 22.0. The molecule has 4 rings (SSSR count). The number of hydrogen-bond donors (Lipinski definition) is 1. The molecule has 0 spiro atoms. The molecule has 1 aromatic carbocycles. The van der Waals surface area contributed by atoms with Gasteiger partial charge in [0.2, 0.25) is 5.91 Å². The van der Waals surface area contributed by atoms with Crippen molar-refractivity contribution in [2.45, 2.75) is 37.3 Å². The van der Waals surface area contributed by atoms with Crippen molar-refractivity contribution in [2.75, 3.05) is 17.7 Å². The molecule has 31 heavy (non-hydrogen) atoms. The number of benzene rings is 1. The van der Waals surface area contributed by atoms with Crippen molar-refractivity contribution >= 4 is 40.1 Å². The van der Waals surface area contributed by atoms with Gasteiger partial charge in [-0.15, -0.1) is 10.2 Å². The molecule has 1 amide bonds. The van der Waals surface area contributed by atoms with Crippen molar-refractivity contribution in [3.05, 3.63) is 52.3 Å². The third-order valence-corrected chi connectivity index (χ3v) is 7.13. The second-order valence-corrected chi connectivity index (χ2v) is 9.19. The summed E-state index contributed by atoms with van der Waals surface area (Å²) in [4.78, 5) is 28.9. The molecule has 1 aliphatic rings. The lowest BCUT2D eigenvalue weighted by Crippen LogP contribution is -2.14. The van der Waals surface area contributed by atoms with E-state index in [2.05, 4.69) is 44.8 Å². The van der Waals surface area contributed by atoms with Gasteiger partial charge in [-0.1, -0.05) is 53.4 Å². The highest BCUT2D eigenvalue weighted by molar-refractivity contribution is 7.99. The third-order valence-electron chi connectivity index (χ3n) is 5.05. The number of nitrogens with one attached hydrogen (secondary N) is 1. The first kappa shape index (κ1) is 21.5. The van der Waals surface area contributed by atoms with Crippen LogP contribution in [0.1, 0.15) is 51.9 Å². The summed E-state index contributed by atoms with van der Waals surface area (Å²) >= 11 is 2.44. The average Bonchev–Trinajstić information content (AvgIpc) is 3.34. The average molecular weight is 458 g/mol. The summed E-state index contributed by atoms with van der Waals surface area (Å²) in [6.45, 7) is 3.76. The number of hydrogen-bond acceptors (Lipinski definition) is 8. The van der Waals surface area contributed by atoms with Crippen molar-refractivity contribution in [1.82, 2.24) is 19.7 Å². The summed E-state index contributed by atoms with van der Waals surface area (Å²) in [5.74, 6) is 1.33. The van der Waals surface area contributed by atoms with Crippen LogP contribution < -0.4 is 5.32 Å². The fourth-order valence-electron chi connectivity index (χ4n) is 3.45. The Hall–Kier alpha value is -2.72. The molecule has 10 heteroatoms. The van der Waals surface area contributed by atoms with Gasteiger partial charge < -0.3 is 14.6 Å². The predicted octanol–water partition coefficient (Wildman–Crippen LogP) is 3.76. The number of nitrogens with zero attached hydrogens (tertiary/aromatic N) is 4. The van der Waals surface area contributed by atoms with E-state index < -0.39 is 5.97 Å². The molecular formula is C21H23N5O3S2. The highest BCUT2D eigenvalue weighted by atomic mass is 32.2. The second kappa shape index (κ2) is 9.19. The van der Waals surface area contributed by atoms with Crippen LogP contribution in [-0.2, 0) is 16.6 Å². The first-order valence-electron chi connectivity index (χ1n) is 9.99. The smallest absolute Gasteiger partial charge is 0.350 e. The number of anilines is 1. The number of carbonyl (C=O) groups is 2. The molecule has 1 fully saturated rings. The fourth-order valence-corrected chi connectivity index (χ4v) is 5.04. The molecular weight excluding hydrogens is 434 g/mol. The first-order valence-corrected chi connectivity index (χ1v) is 11.8. The zero-order valence-corrected chi connectivity index (χ0v) is 19.1. The van der Waals surface area contributed by atoms with E-state index >= 15 is 0 Å². The monoisotopic (exact) mass is 457 g/mol. The highest BCUT2D eigenvalue weighted by Gasteiger charge is 2.42. The summed E-state index contributed by atoms with van der Waals surface area (Å²) in [6.07, 6.45) is 1.06. The first-order chi connectivity index (χ1) is 15.0. The van der Waals surface area contributed by atoms with Gasteiger partial charge >= 0.3 is 5.97 Å².